The van der Waals surface area contributed by atoms with Crippen molar-refractivity contribution in [2.45, 2.75) is 25.3 Å². The highest BCUT2D eigenvalue weighted by Gasteiger charge is 2.18. The Morgan fingerprint density at radius 2 is 2.16 bits per heavy atom. The molecule has 1 aromatic rings. The van der Waals surface area contributed by atoms with Crippen molar-refractivity contribution in [1.29, 1.82) is 0 Å². The van der Waals surface area contributed by atoms with Gasteiger partial charge in [-0.3, -0.25) is 4.79 Å². The van der Waals surface area contributed by atoms with E-state index in [-0.39, 0.29) is 23.9 Å². The van der Waals surface area contributed by atoms with Crippen molar-refractivity contribution in [2.24, 2.45) is 0 Å². The van der Waals surface area contributed by atoms with Crippen LogP contribution in [0.15, 0.2) is 24.3 Å². The number of hydrogen-bond acceptors (Lipinski definition) is 3. The first-order chi connectivity index (χ1) is 9.16. The van der Waals surface area contributed by atoms with Gasteiger partial charge in [-0.05, 0) is 24.5 Å². The van der Waals surface area contributed by atoms with Crippen molar-refractivity contribution in [3.63, 3.8) is 0 Å². The predicted molar refractivity (Wildman–Crippen MR) is 69.1 cm³/mol. The number of carbonyl (C=O) groups excluding carboxylic acids is 1. The Hall–Kier alpha value is -1.88. The van der Waals surface area contributed by atoms with Crippen LogP contribution < -0.4 is 5.32 Å². The minimum atomic E-state index is -1.01. The van der Waals surface area contributed by atoms with Crippen LogP contribution in [-0.4, -0.2) is 36.2 Å². The number of ether oxygens (including phenoxy) is 1. The zero-order valence-corrected chi connectivity index (χ0v) is 10.6. The molecule has 1 amide bonds. The Morgan fingerprint density at radius 3 is 2.84 bits per heavy atom. The third-order valence-electron chi connectivity index (χ3n) is 3.12. The van der Waals surface area contributed by atoms with Gasteiger partial charge in [0, 0.05) is 6.61 Å². The van der Waals surface area contributed by atoms with Gasteiger partial charge in [0.15, 0.2) is 0 Å². The van der Waals surface area contributed by atoms with Crippen LogP contribution in [0.3, 0.4) is 0 Å². The third kappa shape index (κ3) is 3.79. The first-order valence-corrected chi connectivity index (χ1v) is 6.35. The van der Waals surface area contributed by atoms with E-state index in [9.17, 15) is 9.59 Å². The lowest BCUT2D eigenvalue weighted by atomic mass is 10.0. The van der Waals surface area contributed by atoms with Crippen molar-refractivity contribution in [3.8, 4) is 0 Å². The number of aromatic carboxylic acids is 1. The molecule has 5 nitrogen and oxygen atoms in total. The van der Waals surface area contributed by atoms with Crippen molar-refractivity contribution in [1.82, 2.24) is 5.32 Å². The summed E-state index contributed by atoms with van der Waals surface area (Å²) in [6.45, 7) is 1.28. The monoisotopic (exact) mass is 263 g/mol. The summed E-state index contributed by atoms with van der Waals surface area (Å²) < 4.78 is 5.29. The molecule has 0 aliphatic carbocycles. The summed E-state index contributed by atoms with van der Waals surface area (Å²) in [5.74, 6) is -1.17. The maximum absolute atomic E-state index is 11.9. The van der Waals surface area contributed by atoms with Gasteiger partial charge in [-0.2, -0.15) is 0 Å². The largest absolute Gasteiger partial charge is 0.478 e. The van der Waals surface area contributed by atoms with Crippen molar-refractivity contribution < 1.29 is 19.4 Å². The molecule has 1 unspecified atom stereocenters. The molecule has 0 radical (unpaired) electrons. The van der Waals surface area contributed by atoms with Gasteiger partial charge in [0.25, 0.3) is 0 Å². The molecule has 2 N–H and O–H groups in total. The Balaban J connectivity index is 1.96. The van der Waals surface area contributed by atoms with Crippen LogP contribution in [-0.2, 0) is 16.0 Å². The van der Waals surface area contributed by atoms with Gasteiger partial charge < -0.3 is 15.2 Å². The van der Waals surface area contributed by atoms with E-state index in [0.717, 1.165) is 19.4 Å². The molecule has 19 heavy (non-hydrogen) atoms. The molecule has 0 saturated carbocycles. The molecule has 0 bridgehead atoms. The number of benzene rings is 1. The maximum Gasteiger partial charge on any atom is 0.335 e. The Bertz CT molecular complexity index is 466. The quantitative estimate of drug-likeness (QED) is 0.856. The first kappa shape index (κ1) is 13.5. The SMILES string of the molecule is O=C(Cc1ccccc1C(=O)O)NC1CCCOC1. The first-order valence-electron chi connectivity index (χ1n) is 6.35. The van der Waals surface area contributed by atoms with E-state index in [1.165, 1.54) is 6.07 Å². The lowest BCUT2D eigenvalue weighted by Gasteiger charge is -2.23. The van der Waals surface area contributed by atoms with E-state index in [1.54, 1.807) is 18.2 Å². The molecule has 102 valence electrons. The topological polar surface area (TPSA) is 75.6 Å². The van der Waals surface area contributed by atoms with Gasteiger partial charge in [0.1, 0.15) is 0 Å². The summed E-state index contributed by atoms with van der Waals surface area (Å²) in [7, 11) is 0. The zero-order chi connectivity index (χ0) is 13.7. The van der Waals surface area contributed by atoms with Crippen LogP contribution in [0.2, 0.25) is 0 Å². The van der Waals surface area contributed by atoms with Gasteiger partial charge in [0.2, 0.25) is 5.91 Å². The fraction of sp³-hybridized carbons (Fsp3) is 0.429. The van der Waals surface area contributed by atoms with Crippen molar-refractivity contribution in [3.05, 3.63) is 35.4 Å². The van der Waals surface area contributed by atoms with Gasteiger partial charge in [0.05, 0.1) is 24.6 Å². The molecule has 1 aliphatic heterocycles. The molecular formula is C14H17NO4. The van der Waals surface area contributed by atoms with E-state index in [2.05, 4.69) is 5.32 Å². The third-order valence-corrected chi connectivity index (χ3v) is 3.12. The number of nitrogens with one attached hydrogen (secondary N) is 1. The van der Waals surface area contributed by atoms with E-state index in [4.69, 9.17) is 9.84 Å². The van der Waals surface area contributed by atoms with E-state index < -0.39 is 5.97 Å². The van der Waals surface area contributed by atoms with Crippen molar-refractivity contribution >= 4 is 11.9 Å². The molecule has 1 fully saturated rings. The zero-order valence-electron chi connectivity index (χ0n) is 10.6. The molecule has 1 aromatic carbocycles. The molecule has 1 aliphatic rings. The molecule has 0 spiro atoms. The molecule has 1 heterocycles. The van der Waals surface area contributed by atoms with Gasteiger partial charge in [-0.1, -0.05) is 18.2 Å². The summed E-state index contributed by atoms with van der Waals surface area (Å²) in [5.41, 5.74) is 0.710. The fourth-order valence-electron chi connectivity index (χ4n) is 2.19. The minimum absolute atomic E-state index is 0.0400. The summed E-state index contributed by atoms with van der Waals surface area (Å²) in [6.07, 6.45) is 1.93. The van der Waals surface area contributed by atoms with Crippen LogP contribution >= 0.6 is 0 Å². The van der Waals surface area contributed by atoms with Crippen LogP contribution in [0, 0.1) is 0 Å². The Morgan fingerprint density at radius 1 is 1.37 bits per heavy atom. The van der Waals surface area contributed by atoms with Gasteiger partial charge >= 0.3 is 5.97 Å². The molecule has 1 atom stereocenters. The number of carboxylic acids is 1. The number of rotatable bonds is 4. The summed E-state index contributed by atoms with van der Waals surface area (Å²) in [5, 5.41) is 11.9. The second-order valence-corrected chi connectivity index (χ2v) is 4.62. The van der Waals surface area contributed by atoms with Crippen molar-refractivity contribution in [2.75, 3.05) is 13.2 Å². The maximum atomic E-state index is 11.9. The average molecular weight is 263 g/mol. The number of carboxylic acid groups (broad SMARTS) is 1. The van der Waals surface area contributed by atoms with E-state index >= 15 is 0 Å². The molecule has 0 aromatic heterocycles. The van der Waals surface area contributed by atoms with Crippen LogP contribution in [0.1, 0.15) is 28.8 Å². The highest BCUT2D eigenvalue weighted by Crippen LogP contribution is 2.11. The van der Waals surface area contributed by atoms with Gasteiger partial charge in [-0.25, -0.2) is 4.79 Å². The normalized spacial score (nSPS) is 18.8. The molecular weight excluding hydrogens is 246 g/mol. The standard InChI is InChI=1S/C14H17NO4/c16-13(15-11-5-3-7-19-9-11)8-10-4-1-2-6-12(10)14(17)18/h1-2,4,6,11H,3,5,7-9H2,(H,15,16)(H,17,18). The highest BCUT2D eigenvalue weighted by atomic mass is 16.5. The molecule has 2 rings (SSSR count). The Labute approximate surface area is 111 Å². The lowest BCUT2D eigenvalue weighted by Crippen LogP contribution is -2.41. The van der Waals surface area contributed by atoms with E-state index in [0.29, 0.717) is 12.2 Å². The highest BCUT2D eigenvalue weighted by molar-refractivity contribution is 5.91. The summed E-state index contributed by atoms with van der Waals surface area (Å²) in [4.78, 5) is 22.9. The van der Waals surface area contributed by atoms with Crippen LogP contribution in [0.25, 0.3) is 0 Å². The minimum Gasteiger partial charge on any atom is -0.478 e. The fourth-order valence-corrected chi connectivity index (χ4v) is 2.19. The van der Waals surface area contributed by atoms with E-state index in [1.807, 2.05) is 0 Å². The molecule has 1 saturated heterocycles. The molecule has 5 heteroatoms. The predicted octanol–water partition coefficient (Wildman–Crippen LogP) is 1.22. The second-order valence-electron chi connectivity index (χ2n) is 4.62. The average Bonchev–Trinajstić information content (AvgIpc) is 2.40. The number of carbonyl (C=O) groups is 2. The van der Waals surface area contributed by atoms with Gasteiger partial charge in [-0.15, -0.1) is 0 Å². The van der Waals surface area contributed by atoms with Crippen LogP contribution in [0.5, 0.6) is 0 Å². The Kier molecular flexibility index (Phi) is 4.52. The second kappa shape index (κ2) is 6.33. The number of amides is 1. The smallest absolute Gasteiger partial charge is 0.335 e. The summed E-state index contributed by atoms with van der Waals surface area (Å²) >= 11 is 0. The lowest BCUT2D eigenvalue weighted by molar-refractivity contribution is -0.122. The number of hydrogen-bond donors (Lipinski definition) is 2. The summed E-state index contributed by atoms with van der Waals surface area (Å²) in [6, 6.07) is 6.60. The van der Waals surface area contributed by atoms with Crippen LogP contribution in [0.4, 0.5) is 0 Å².